The van der Waals surface area contributed by atoms with Crippen LogP contribution in [0.5, 0.6) is 11.5 Å². The lowest BCUT2D eigenvalue weighted by atomic mass is 10.1. The van der Waals surface area contributed by atoms with Crippen molar-refractivity contribution in [3.8, 4) is 11.5 Å². The lowest BCUT2D eigenvalue weighted by Crippen LogP contribution is -2.26. The maximum atomic E-state index is 11.9. The molecule has 5 heteroatoms. The van der Waals surface area contributed by atoms with Gasteiger partial charge >= 0.3 is 0 Å². The van der Waals surface area contributed by atoms with Crippen molar-refractivity contribution in [2.75, 3.05) is 20.3 Å². The third-order valence-corrected chi connectivity index (χ3v) is 4.03. The van der Waals surface area contributed by atoms with Gasteiger partial charge in [0.15, 0.2) is 0 Å². The Morgan fingerprint density at radius 2 is 1.96 bits per heavy atom. The Hall–Kier alpha value is -2.95. The fourth-order valence-electron chi connectivity index (χ4n) is 2.69. The predicted octanol–water partition coefficient (Wildman–Crippen LogP) is 3.30. The van der Waals surface area contributed by atoms with Gasteiger partial charge in [-0.1, -0.05) is 18.2 Å². The Bertz CT molecular complexity index is 827. The van der Waals surface area contributed by atoms with E-state index in [1.54, 1.807) is 7.11 Å². The maximum Gasteiger partial charge on any atom is 0.223 e. The molecule has 1 heterocycles. The second-order valence-corrected chi connectivity index (χ2v) is 5.74. The topological polar surface area (TPSA) is 63.3 Å². The molecule has 0 atom stereocenters. The first-order valence-electron chi connectivity index (χ1n) is 8.35. The summed E-state index contributed by atoms with van der Waals surface area (Å²) < 4.78 is 10.8. The van der Waals surface area contributed by atoms with Crippen molar-refractivity contribution in [2.45, 2.75) is 12.8 Å². The lowest BCUT2D eigenvalue weighted by Gasteiger charge is -2.07. The minimum Gasteiger partial charge on any atom is -0.497 e. The molecule has 0 saturated carbocycles. The number of H-pyrrole nitrogens is 1. The highest BCUT2D eigenvalue weighted by atomic mass is 16.5. The number of hydrogen-bond acceptors (Lipinski definition) is 3. The molecule has 0 bridgehead atoms. The summed E-state index contributed by atoms with van der Waals surface area (Å²) in [6.07, 6.45) is 3.09. The Kier molecular flexibility index (Phi) is 5.57. The Balaban J connectivity index is 1.44. The average Bonchev–Trinajstić information content (AvgIpc) is 3.05. The van der Waals surface area contributed by atoms with Crippen molar-refractivity contribution >= 4 is 16.8 Å². The monoisotopic (exact) mass is 338 g/mol. The number of carbonyl (C=O) groups is 1. The first kappa shape index (κ1) is 16.9. The van der Waals surface area contributed by atoms with E-state index in [0.717, 1.165) is 34.4 Å². The zero-order valence-corrected chi connectivity index (χ0v) is 14.2. The van der Waals surface area contributed by atoms with E-state index >= 15 is 0 Å². The summed E-state index contributed by atoms with van der Waals surface area (Å²) in [7, 11) is 1.66. The van der Waals surface area contributed by atoms with E-state index < -0.39 is 0 Å². The molecule has 130 valence electrons. The van der Waals surface area contributed by atoms with Gasteiger partial charge in [-0.3, -0.25) is 4.79 Å². The van der Waals surface area contributed by atoms with Crippen molar-refractivity contribution in [1.29, 1.82) is 0 Å². The number of fused-ring (bicyclic) bond motifs is 1. The van der Waals surface area contributed by atoms with Crippen molar-refractivity contribution in [3.05, 3.63) is 60.3 Å². The van der Waals surface area contributed by atoms with Gasteiger partial charge in [0, 0.05) is 23.6 Å². The van der Waals surface area contributed by atoms with Crippen LogP contribution in [0.15, 0.2) is 54.7 Å². The van der Waals surface area contributed by atoms with Gasteiger partial charge in [-0.15, -0.1) is 0 Å². The molecule has 0 spiro atoms. The van der Waals surface area contributed by atoms with Crippen LogP contribution >= 0.6 is 0 Å². The summed E-state index contributed by atoms with van der Waals surface area (Å²) in [5.41, 5.74) is 2.23. The maximum absolute atomic E-state index is 11.9. The van der Waals surface area contributed by atoms with E-state index in [-0.39, 0.29) is 5.91 Å². The summed E-state index contributed by atoms with van der Waals surface area (Å²) >= 11 is 0. The number of benzene rings is 2. The third kappa shape index (κ3) is 4.53. The van der Waals surface area contributed by atoms with Crippen molar-refractivity contribution in [2.24, 2.45) is 0 Å². The molecule has 0 saturated heterocycles. The van der Waals surface area contributed by atoms with Gasteiger partial charge in [-0.2, -0.15) is 0 Å². The summed E-state index contributed by atoms with van der Waals surface area (Å²) in [6.45, 7) is 0.967. The first-order chi connectivity index (χ1) is 12.3. The molecule has 3 rings (SSSR count). The van der Waals surface area contributed by atoms with Crippen LogP contribution in [-0.4, -0.2) is 31.2 Å². The Morgan fingerprint density at radius 3 is 2.76 bits per heavy atom. The molecule has 5 nitrogen and oxygen atoms in total. The molecule has 0 fully saturated rings. The number of aromatic nitrogens is 1. The second-order valence-electron chi connectivity index (χ2n) is 5.74. The number of ether oxygens (including phenoxy) is 2. The molecule has 0 unspecified atom stereocenters. The van der Waals surface area contributed by atoms with E-state index in [0.29, 0.717) is 19.6 Å². The van der Waals surface area contributed by atoms with E-state index in [9.17, 15) is 4.79 Å². The van der Waals surface area contributed by atoms with Gasteiger partial charge in [-0.05, 0) is 42.3 Å². The van der Waals surface area contributed by atoms with Gasteiger partial charge < -0.3 is 19.8 Å². The molecular formula is C20H22N2O3. The number of hydrogen-bond donors (Lipinski definition) is 2. The summed E-state index contributed by atoms with van der Waals surface area (Å²) in [5.74, 6) is 1.60. The van der Waals surface area contributed by atoms with Crippen LogP contribution in [0.1, 0.15) is 12.0 Å². The molecule has 0 radical (unpaired) electrons. The normalized spacial score (nSPS) is 10.6. The van der Waals surface area contributed by atoms with Crippen LogP contribution < -0.4 is 14.8 Å². The summed E-state index contributed by atoms with van der Waals surface area (Å²) in [5, 5.41) is 4.06. The molecule has 0 aliphatic rings. The lowest BCUT2D eigenvalue weighted by molar-refractivity contribution is -0.121. The number of carbonyl (C=O) groups excluding carboxylic acids is 1. The number of amides is 1. The fourth-order valence-corrected chi connectivity index (χ4v) is 2.69. The summed E-state index contributed by atoms with van der Waals surface area (Å²) in [6, 6.07) is 15.4. The van der Waals surface area contributed by atoms with Gasteiger partial charge in [0.25, 0.3) is 0 Å². The van der Waals surface area contributed by atoms with Gasteiger partial charge in [0.1, 0.15) is 11.5 Å². The molecule has 2 N–H and O–H groups in total. The zero-order chi connectivity index (χ0) is 17.5. The van der Waals surface area contributed by atoms with Gasteiger partial charge in [-0.25, -0.2) is 0 Å². The fraction of sp³-hybridized carbons (Fsp3) is 0.250. The quantitative estimate of drug-likeness (QED) is 0.662. The smallest absolute Gasteiger partial charge is 0.223 e. The number of para-hydroxylation sites is 1. The highest BCUT2D eigenvalue weighted by molar-refractivity contribution is 5.84. The number of nitrogens with one attached hydrogen (secondary N) is 2. The third-order valence-electron chi connectivity index (χ3n) is 4.03. The van der Waals surface area contributed by atoms with Crippen LogP contribution in [0.4, 0.5) is 0 Å². The average molecular weight is 338 g/mol. The van der Waals surface area contributed by atoms with E-state index in [4.69, 9.17) is 9.47 Å². The van der Waals surface area contributed by atoms with Crippen LogP contribution in [0.25, 0.3) is 10.9 Å². The van der Waals surface area contributed by atoms with Crippen molar-refractivity contribution in [1.82, 2.24) is 10.3 Å². The minimum atomic E-state index is -0.00615. The van der Waals surface area contributed by atoms with E-state index in [2.05, 4.69) is 10.3 Å². The second kappa shape index (κ2) is 8.24. The largest absolute Gasteiger partial charge is 0.497 e. The van der Waals surface area contributed by atoms with Crippen molar-refractivity contribution < 1.29 is 14.3 Å². The number of rotatable bonds is 8. The molecule has 2 aromatic carbocycles. The van der Waals surface area contributed by atoms with Crippen molar-refractivity contribution in [3.63, 3.8) is 0 Å². The highest BCUT2D eigenvalue weighted by Gasteiger charge is 2.06. The standard InChI is InChI=1S/C20H22N2O3/c1-24-17-7-8-19-18(13-17)15(14-22-19)9-11-21-20(23)10-12-25-16-5-3-2-4-6-16/h2-8,13-14,22H,9-12H2,1H3,(H,21,23). The zero-order valence-electron chi connectivity index (χ0n) is 14.2. The summed E-state index contributed by atoms with van der Waals surface area (Å²) in [4.78, 5) is 15.1. The molecule has 1 aromatic heterocycles. The molecule has 0 aliphatic carbocycles. The van der Waals surface area contributed by atoms with Crippen LogP contribution in [0.2, 0.25) is 0 Å². The predicted molar refractivity (Wildman–Crippen MR) is 98.1 cm³/mol. The number of aromatic amines is 1. The minimum absolute atomic E-state index is 0.00615. The van der Waals surface area contributed by atoms with E-state index in [1.807, 2.05) is 54.7 Å². The van der Waals surface area contributed by atoms with Crippen LogP contribution in [0.3, 0.4) is 0 Å². The highest BCUT2D eigenvalue weighted by Crippen LogP contribution is 2.23. The molecule has 25 heavy (non-hydrogen) atoms. The van der Waals surface area contributed by atoms with Gasteiger partial charge in [0.2, 0.25) is 5.91 Å². The van der Waals surface area contributed by atoms with Crippen LogP contribution in [-0.2, 0) is 11.2 Å². The molecule has 1 amide bonds. The number of methoxy groups -OCH3 is 1. The molecule has 3 aromatic rings. The van der Waals surface area contributed by atoms with E-state index in [1.165, 1.54) is 0 Å². The molecular weight excluding hydrogens is 316 g/mol. The SMILES string of the molecule is COc1ccc2[nH]cc(CCNC(=O)CCOc3ccccc3)c2c1. The van der Waals surface area contributed by atoms with Crippen LogP contribution in [0, 0.1) is 0 Å². The Morgan fingerprint density at radius 1 is 1.12 bits per heavy atom. The molecule has 0 aliphatic heterocycles. The first-order valence-corrected chi connectivity index (χ1v) is 8.35. The van der Waals surface area contributed by atoms with Gasteiger partial charge in [0.05, 0.1) is 20.1 Å². The Labute approximate surface area is 147 Å².